The lowest BCUT2D eigenvalue weighted by molar-refractivity contribution is 0.478. The smallest absolute Gasteiger partial charge is 0.241 e. The molecule has 1 aromatic carbocycles. The van der Waals surface area contributed by atoms with Gasteiger partial charge in [-0.2, -0.15) is 0 Å². The molecule has 5 heteroatoms. The summed E-state index contributed by atoms with van der Waals surface area (Å²) in [6.07, 6.45) is 1.96. The van der Waals surface area contributed by atoms with Crippen LogP contribution >= 0.6 is 0 Å². The first-order valence-corrected chi connectivity index (χ1v) is 8.62. The van der Waals surface area contributed by atoms with Crippen LogP contribution in [0.4, 0.5) is 5.69 Å². The minimum Gasteiger partial charge on any atom is -0.388 e. The summed E-state index contributed by atoms with van der Waals surface area (Å²) in [6.45, 7) is 8.34. The molecule has 0 aliphatic heterocycles. The number of hydrogen-bond donors (Lipinski definition) is 2. The van der Waals surface area contributed by atoms with Crippen LogP contribution < -0.4 is 10.0 Å². The minimum atomic E-state index is -3.44. The molecule has 0 bridgehead atoms. The van der Waals surface area contributed by atoms with E-state index in [4.69, 9.17) is 0 Å². The summed E-state index contributed by atoms with van der Waals surface area (Å²) in [4.78, 5) is 0.405. The van der Waals surface area contributed by atoms with Gasteiger partial charge in [-0.3, -0.25) is 0 Å². The highest BCUT2D eigenvalue weighted by Crippen LogP contribution is 2.24. The van der Waals surface area contributed by atoms with E-state index in [1.807, 2.05) is 33.0 Å². The van der Waals surface area contributed by atoms with Crippen molar-refractivity contribution >= 4 is 15.7 Å². The molecular formula is C15H26N2O2S. The highest BCUT2D eigenvalue weighted by atomic mass is 32.2. The lowest BCUT2D eigenvalue weighted by atomic mass is 10.0. The van der Waals surface area contributed by atoms with Gasteiger partial charge < -0.3 is 5.32 Å². The molecule has 2 N–H and O–H groups in total. The molecule has 0 heterocycles. The molecule has 0 aliphatic carbocycles. The number of anilines is 1. The Kier molecular flexibility index (Phi) is 6.02. The third kappa shape index (κ3) is 3.96. The Balaban J connectivity index is 3.04. The summed E-state index contributed by atoms with van der Waals surface area (Å²) in [5.41, 5.74) is 2.47. The fraction of sp³-hybridized carbons (Fsp3) is 0.600. The maximum atomic E-state index is 12.5. The van der Waals surface area contributed by atoms with Crippen molar-refractivity contribution in [1.29, 1.82) is 0 Å². The van der Waals surface area contributed by atoms with Crippen LogP contribution in [-0.4, -0.2) is 22.0 Å². The van der Waals surface area contributed by atoms with Gasteiger partial charge in [0.1, 0.15) is 0 Å². The van der Waals surface area contributed by atoms with Crippen LogP contribution in [0, 0.1) is 19.8 Å². The Morgan fingerprint density at radius 3 is 2.00 bits per heavy atom. The maximum absolute atomic E-state index is 12.5. The van der Waals surface area contributed by atoms with Crippen LogP contribution in [0.1, 0.15) is 37.8 Å². The Bertz CT molecular complexity index is 526. The quantitative estimate of drug-likeness (QED) is 0.813. The average Bonchev–Trinajstić information content (AvgIpc) is 2.38. The van der Waals surface area contributed by atoms with Crippen LogP contribution in [0.25, 0.3) is 0 Å². The van der Waals surface area contributed by atoms with E-state index < -0.39 is 10.0 Å². The first-order valence-electron chi connectivity index (χ1n) is 7.14. The number of benzene rings is 1. The van der Waals surface area contributed by atoms with Crippen LogP contribution in [-0.2, 0) is 10.0 Å². The maximum Gasteiger partial charge on any atom is 0.241 e. The van der Waals surface area contributed by atoms with Crippen molar-refractivity contribution in [3.63, 3.8) is 0 Å². The second kappa shape index (κ2) is 7.09. The second-order valence-electron chi connectivity index (χ2n) is 5.22. The van der Waals surface area contributed by atoms with Crippen molar-refractivity contribution < 1.29 is 8.42 Å². The van der Waals surface area contributed by atoms with Gasteiger partial charge in [0.15, 0.2) is 0 Å². The first kappa shape index (κ1) is 17.0. The molecule has 0 saturated carbocycles. The fourth-order valence-corrected chi connectivity index (χ4v) is 3.96. The molecule has 0 unspecified atom stereocenters. The number of sulfonamides is 1. The molecule has 0 radical (unpaired) electrons. The van der Waals surface area contributed by atoms with Crippen LogP contribution in [0.15, 0.2) is 17.0 Å². The highest BCUT2D eigenvalue weighted by Gasteiger charge is 2.20. The Labute approximate surface area is 123 Å². The third-order valence-electron chi connectivity index (χ3n) is 3.73. The zero-order chi connectivity index (χ0) is 15.3. The molecule has 4 nitrogen and oxygen atoms in total. The van der Waals surface area contributed by atoms with Gasteiger partial charge >= 0.3 is 0 Å². The molecule has 0 spiro atoms. The van der Waals surface area contributed by atoms with Gasteiger partial charge in [0.2, 0.25) is 10.0 Å². The summed E-state index contributed by atoms with van der Waals surface area (Å²) in [7, 11) is -1.61. The summed E-state index contributed by atoms with van der Waals surface area (Å²) < 4.78 is 27.7. The molecule has 20 heavy (non-hydrogen) atoms. The largest absolute Gasteiger partial charge is 0.388 e. The van der Waals surface area contributed by atoms with Crippen LogP contribution in [0.2, 0.25) is 0 Å². The predicted octanol–water partition coefficient (Wildman–Crippen LogP) is 3.06. The molecule has 1 rings (SSSR count). The predicted molar refractivity (Wildman–Crippen MR) is 84.7 cm³/mol. The molecule has 0 atom stereocenters. The van der Waals surface area contributed by atoms with Gasteiger partial charge in [0, 0.05) is 19.3 Å². The van der Waals surface area contributed by atoms with Crippen molar-refractivity contribution in [3.8, 4) is 0 Å². The van der Waals surface area contributed by atoms with E-state index in [0.717, 1.165) is 29.7 Å². The molecule has 0 aromatic heterocycles. The second-order valence-corrected chi connectivity index (χ2v) is 6.93. The van der Waals surface area contributed by atoms with Crippen LogP contribution in [0.5, 0.6) is 0 Å². The van der Waals surface area contributed by atoms with Gasteiger partial charge in [0.05, 0.1) is 4.90 Å². The third-order valence-corrected chi connectivity index (χ3v) is 5.46. The molecule has 114 valence electrons. The van der Waals surface area contributed by atoms with Gasteiger partial charge in [-0.15, -0.1) is 0 Å². The van der Waals surface area contributed by atoms with E-state index in [0.29, 0.717) is 17.4 Å². The fourth-order valence-electron chi connectivity index (χ4n) is 2.40. The van der Waals surface area contributed by atoms with Gasteiger partial charge in [-0.1, -0.05) is 26.7 Å². The molecule has 1 aromatic rings. The summed E-state index contributed by atoms with van der Waals surface area (Å²) in [5, 5.41) is 3.04. The SMILES string of the molecule is CCC(CC)CNS(=O)(=O)c1c(C)cc(NC)cc1C. The van der Waals surface area contributed by atoms with Crippen molar-refractivity contribution in [2.45, 2.75) is 45.4 Å². The zero-order valence-electron chi connectivity index (χ0n) is 13.1. The molecular weight excluding hydrogens is 272 g/mol. The van der Waals surface area contributed by atoms with Crippen molar-refractivity contribution in [2.24, 2.45) is 5.92 Å². The Hall–Kier alpha value is -1.07. The summed E-state index contributed by atoms with van der Waals surface area (Å²) in [6, 6.07) is 3.72. The van der Waals surface area contributed by atoms with Gasteiger partial charge in [-0.25, -0.2) is 13.1 Å². The van der Waals surface area contributed by atoms with Crippen molar-refractivity contribution in [1.82, 2.24) is 4.72 Å². The Morgan fingerprint density at radius 2 is 1.60 bits per heavy atom. The topological polar surface area (TPSA) is 58.2 Å². The van der Waals surface area contributed by atoms with Crippen LogP contribution in [0.3, 0.4) is 0 Å². The van der Waals surface area contributed by atoms with Gasteiger partial charge in [0.25, 0.3) is 0 Å². The van der Waals surface area contributed by atoms with Crippen molar-refractivity contribution in [3.05, 3.63) is 23.3 Å². The minimum absolute atomic E-state index is 0.391. The van der Waals surface area contributed by atoms with Crippen molar-refractivity contribution in [2.75, 3.05) is 18.9 Å². The number of hydrogen-bond acceptors (Lipinski definition) is 3. The Morgan fingerprint density at radius 1 is 1.10 bits per heavy atom. The summed E-state index contributed by atoms with van der Waals surface area (Å²) >= 11 is 0. The number of rotatable bonds is 7. The average molecular weight is 298 g/mol. The standard InChI is InChI=1S/C15H26N2O2S/c1-6-13(7-2)10-17-20(18,19)15-11(3)8-14(16-5)9-12(15)4/h8-9,13,16-17H,6-7,10H2,1-5H3. The zero-order valence-corrected chi connectivity index (χ0v) is 13.9. The molecule has 0 amide bonds. The molecule has 0 saturated heterocycles. The van der Waals surface area contributed by atoms with E-state index in [2.05, 4.69) is 23.9 Å². The van der Waals surface area contributed by atoms with E-state index in [1.165, 1.54) is 0 Å². The van der Waals surface area contributed by atoms with E-state index in [9.17, 15) is 8.42 Å². The van der Waals surface area contributed by atoms with E-state index >= 15 is 0 Å². The lowest BCUT2D eigenvalue weighted by Crippen LogP contribution is -2.30. The molecule has 0 aliphatic rings. The normalized spacial score (nSPS) is 11.9. The van der Waals surface area contributed by atoms with E-state index in [-0.39, 0.29) is 0 Å². The highest BCUT2D eigenvalue weighted by molar-refractivity contribution is 7.89. The lowest BCUT2D eigenvalue weighted by Gasteiger charge is -2.17. The number of aryl methyl sites for hydroxylation is 2. The first-order chi connectivity index (χ1) is 9.35. The number of nitrogens with one attached hydrogen (secondary N) is 2. The van der Waals surface area contributed by atoms with E-state index in [1.54, 1.807) is 0 Å². The molecule has 0 fully saturated rings. The van der Waals surface area contributed by atoms with Gasteiger partial charge in [-0.05, 0) is 43.0 Å². The summed E-state index contributed by atoms with van der Waals surface area (Å²) in [5.74, 6) is 0.391. The monoisotopic (exact) mass is 298 g/mol.